The summed E-state index contributed by atoms with van der Waals surface area (Å²) >= 11 is 2.77. The summed E-state index contributed by atoms with van der Waals surface area (Å²) in [6.07, 6.45) is 1.67. The van der Waals surface area contributed by atoms with E-state index in [4.69, 9.17) is 0 Å². The number of rotatable bonds is 4. The van der Waals surface area contributed by atoms with Crippen molar-refractivity contribution in [2.45, 2.75) is 25.9 Å². The quantitative estimate of drug-likeness (QED) is 0.539. The highest BCUT2D eigenvalue weighted by Gasteiger charge is 2.15. The summed E-state index contributed by atoms with van der Waals surface area (Å²) < 4.78 is 2.04. The molecule has 1 amide bonds. The Morgan fingerprint density at radius 3 is 2.69 bits per heavy atom. The normalized spacial score (nSPS) is 11.3. The Balaban J connectivity index is 1.69. The van der Waals surface area contributed by atoms with E-state index in [2.05, 4.69) is 52.5 Å². The lowest BCUT2D eigenvalue weighted by Crippen LogP contribution is -2.14. The first kappa shape index (κ1) is 17.0. The molecule has 8 heteroatoms. The first-order valence-electron chi connectivity index (χ1n) is 8.11. The third-order valence-electron chi connectivity index (χ3n) is 4.25. The second-order valence-electron chi connectivity index (χ2n) is 6.14. The molecule has 3 aromatic heterocycles. The van der Waals surface area contributed by atoms with Crippen LogP contribution in [0.4, 0.5) is 5.13 Å². The molecule has 0 atom stereocenters. The van der Waals surface area contributed by atoms with Gasteiger partial charge in [-0.05, 0) is 61.0 Å². The average Bonchev–Trinajstić information content (AvgIpc) is 3.25. The molecule has 0 aliphatic rings. The average molecular weight is 384 g/mol. The van der Waals surface area contributed by atoms with Crippen molar-refractivity contribution in [3.05, 3.63) is 46.5 Å². The van der Waals surface area contributed by atoms with Crippen LogP contribution in [0.25, 0.3) is 16.6 Å². The number of hydrogen-bond donors (Lipinski definition) is 1. The van der Waals surface area contributed by atoms with E-state index in [0.717, 1.165) is 22.1 Å². The third kappa shape index (κ3) is 3.06. The number of nitrogens with zero attached hydrogens (tertiary/aromatic N) is 4. The topological polar surface area (TPSA) is 72.2 Å². The Morgan fingerprint density at radius 1 is 1.15 bits per heavy atom. The highest BCUT2D eigenvalue weighted by molar-refractivity contribution is 7.99. The molecule has 4 aromatic rings. The minimum absolute atomic E-state index is 0.106. The molecule has 0 aliphatic carbocycles. The summed E-state index contributed by atoms with van der Waals surface area (Å²) in [6, 6.07) is 6.47. The first-order chi connectivity index (χ1) is 12.5. The van der Waals surface area contributed by atoms with Crippen molar-refractivity contribution in [2.24, 2.45) is 0 Å². The summed E-state index contributed by atoms with van der Waals surface area (Å²) in [7, 11) is 0. The molecule has 0 spiro atoms. The van der Waals surface area contributed by atoms with Gasteiger partial charge in [0.15, 0.2) is 15.9 Å². The number of aromatic nitrogens is 4. The molecule has 1 aromatic carbocycles. The monoisotopic (exact) mass is 383 g/mol. The van der Waals surface area contributed by atoms with Gasteiger partial charge in [0.1, 0.15) is 0 Å². The predicted molar refractivity (Wildman–Crippen MR) is 106 cm³/mol. The molecule has 3 heterocycles. The van der Waals surface area contributed by atoms with Crippen molar-refractivity contribution < 1.29 is 4.79 Å². The number of benzene rings is 1. The first-order valence-corrected chi connectivity index (χ1v) is 9.97. The van der Waals surface area contributed by atoms with Crippen molar-refractivity contribution >= 4 is 50.7 Å². The molecule has 0 radical (unpaired) electrons. The van der Waals surface area contributed by atoms with E-state index >= 15 is 0 Å². The minimum Gasteiger partial charge on any atom is -0.301 e. The van der Waals surface area contributed by atoms with E-state index in [9.17, 15) is 4.79 Å². The van der Waals surface area contributed by atoms with E-state index in [0.29, 0.717) is 10.3 Å². The van der Waals surface area contributed by atoms with Crippen molar-refractivity contribution in [1.29, 1.82) is 0 Å². The SMILES string of the molecule is Cc1cc2cc(C)c3nnc(SCC(=O)Nc4nccs4)n3c2cc1C. The largest absolute Gasteiger partial charge is 0.301 e. The fraction of sp³-hybridized carbons (Fsp3) is 0.222. The van der Waals surface area contributed by atoms with E-state index < -0.39 is 0 Å². The molecule has 0 aliphatic heterocycles. The highest BCUT2D eigenvalue weighted by Crippen LogP contribution is 2.27. The molecular weight excluding hydrogens is 366 g/mol. The van der Waals surface area contributed by atoms with E-state index in [-0.39, 0.29) is 11.7 Å². The maximum Gasteiger partial charge on any atom is 0.236 e. The van der Waals surface area contributed by atoms with Crippen LogP contribution in [-0.2, 0) is 4.79 Å². The zero-order valence-corrected chi connectivity index (χ0v) is 16.2. The Morgan fingerprint density at radius 2 is 1.92 bits per heavy atom. The zero-order chi connectivity index (χ0) is 18.3. The van der Waals surface area contributed by atoms with Gasteiger partial charge in [0.05, 0.1) is 11.3 Å². The number of hydrogen-bond acceptors (Lipinski definition) is 6. The number of anilines is 1. The number of nitrogens with one attached hydrogen (secondary N) is 1. The Kier molecular flexibility index (Phi) is 4.37. The molecule has 0 unspecified atom stereocenters. The van der Waals surface area contributed by atoms with Gasteiger partial charge >= 0.3 is 0 Å². The van der Waals surface area contributed by atoms with Crippen LogP contribution >= 0.6 is 23.1 Å². The maximum absolute atomic E-state index is 12.1. The van der Waals surface area contributed by atoms with Crippen LogP contribution in [0.1, 0.15) is 16.7 Å². The molecule has 4 rings (SSSR count). The lowest BCUT2D eigenvalue weighted by Gasteiger charge is -2.09. The van der Waals surface area contributed by atoms with Gasteiger partial charge < -0.3 is 5.32 Å². The number of aryl methyl sites for hydroxylation is 3. The van der Waals surface area contributed by atoms with Gasteiger partial charge in [-0.3, -0.25) is 9.20 Å². The number of carbonyl (C=O) groups excluding carboxylic acids is 1. The molecule has 132 valence electrons. The molecule has 6 nitrogen and oxygen atoms in total. The summed E-state index contributed by atoms with van der Waals surface area (Å²) in [4.78, 5) is 16.2. The van der Waals surface area contributed by atoms with Crippen molar-refractivity contribution in [3.63, 3.8) is 0 Å². The lowest BCUT2D eigenvalue weighted by molar-refractivity contribution is -0.113. The molecule has 1 N–H and O–H groups in total. The van der Waals surface area contributed by atoms with Gasteiger partial charge in [-0.2, -0.15) is 0 Å². The van der Waals surface area contributed by atoms with Gasteiger partial charge in [-0.25, -0.2) is 4.98 Å². The fourth-order valence-electron chi connectivity index (χ4n) is 2.84. The van der Waals surface area contributed by atoms with Gasteiger partial charge in [0, 0.05) is 11.6 Å². The fourth-order valence-corrected chi connectivity index (χ4v) is 4.13. The van der Waals surface area contributed by atoms with E-state index in [1.807, 2.05) is 16.7 Å². The van der Waals surface area contributed by atoms with E-state index in [1.165, 1.54) is 34.2 Å². The molecule has 0 fully saturated rings. The minimum atomic E-state index is -0.106. The van der Waals surface area contributed by atoms with Crippen LogP contribution in [-0.4, -0.2) is 31.2 Å². The summed E-state index contributed by atoms with van der Waals surface area (Å²) in [5.74, 6) is 0.145. The van der Waals surface area contributed by atoms with E-state index in [1.54, 1.807) is 6.20 Å². The maximum atomic E-state index is 12.1. The van der Waals surface area contributed by atoms with Crippen LogP contribution in [0.5, 0.6) is 0 Å². The number of thiazole rings is 1. The van der Waals surface area contributed by atoms with Crippen molar-refractivity contribution in [1.82, 2.24) is 19.6 Å². The molecule has 0 saturated heterocycles. The summed E-state index contributed by atoms with van der Waals surface area (Å²) in [5, 5.41) is 15.7. The molecule has 0 saturated carbocycles. The number of carbonyl (C=O) groups is 1. The second kappa shape index (κ2) is 6.69. The zero-order valence-electron chi connectivity index (χ0n) is 14.6. The van der Waals surface area contributed by atoms with Crippen LogP contribution in [0, 0.1) is 20.8 Å². The van der Waals surface area contributed by atoms with Gasteiger partial charge in [-0.15, -0.1) is 21.5 Å². The second-order valence-corrected chi connectivity index (χ2v) is 7.98. The smallest absolute Gasteiger partial charge is 0.236 e. The lowest BCUT2D eigenvalue weighted by atomic mass is 10.0. The number of thioether (sulfide) groups is 1. The van der Waals surface area contributed by atoms with Gasteiger partial charge in [0.25, 0.3) is 0 Å². The van der Waals surface area contributed by atoms with Crippen LogP contribution in [0.15, 0.2) is 34.9 Å². The Hall–Kier alpha value is -2.45. The van der Waals surface area contributed by atoms with Crippen molar-refractivity contribution in [2.75, 3.05) is 11.1 Å². The van der Waals surface area contributed by atoms with Crippen LogP contribution in [0.3, 0.4) is 0 Å². The number of pyridine rings is 1. The standard InChI is InChI=1S/C18H17N5OS2/c1-10-6-13-7-12(3)16-21-22-18(23(16)14(13)8-11(10)2)26-9-15(24)20-17-19-4-5-25-17/h4-8H,9H2,1-3H3,(H,19,20,24). The summed E-state index contributed by atoms with van der Waals surface area (Å²) in [6.45, 7) is 6.24. The van der Waals surface area contributed by atoms with Crippen LogP contribution in [0.2, 0.25) is 0 Å². The molecular formula is C18H17N5OS2. The Labute approximate surface area is 158 Å². The van der Waals surface area contributed by atoms with Crippen molar-refractivity contribution in [3.8, 4) is 0 Å². The molecule has 0 bridgehead atoms. The third-order valence-corrected chi connectivity index (χ3v) is 5.87. The predicted octanol–water partition coefficient (Wildman–Crippen LogP) is 4.00. The number of amides is 1. The number of fused-ring (bicyclic) bond motifs is 3. The highest BCUT2D eigenvalue weighted by atomic mass is 32.2. The van der Waals surface area contributed by atoms with Gasteiger partial charge in [0.2, 0.25) is 5.91 Å². The van der Waals surface area contributed by atoms with Crippen LogP contribution < -0.4 is 5.32 Å². The summed E-state index contributed by atoms with van der Waals surface area (Å²) in [5.41, 5.74) is 5.41. The Bertz CT molecular complexity index is 1120. The van der Waals surface area contributed by atoms with Gasteiger partial charge in [-0.1, -0.05) is 11.8 Å². The molecule has 26 heavy (non-hydrogen) atoms.